The maximum absolute atomic E-state index is 11.8. The number of carbonyl (C=O) groups excluding carboxylic acids is 2. The Morgan fingerprint density at radius 2 is 1.67 bits per heavy atom. The number of carbonyl (C=O) groups is 3. The Labute approximate surface area is 110 Å². The van der Waals surface area contributed by atoms with Crippen molar-refractivity contribution in [1.29, 1.82) is 0 Å². The van der Waals surface area contributed by atoms with Gasteiger partial charge < -0.3 is 14.9 Å². The first kappa shape index (κ1) is 14.8. The van der Waals surface area contributed by atoms with Crippen LogP contribution in [0.4, 0.5) is 0 Å². The molecule has 6 nitrogen and oxygen atoms in total. The second kappa shape index (κ2) is 7.25. The Hall–Kier alpha value is -1.24. The highest BCUT2D eigenvalue weighted by Crippen LogP contribution is 2.08. The van der Waals surface area contributed by atoms with Gasteiger partial charge in [0.1, 0.15) is 0 Å². The Balaban J connectivity index is 2.20. The third-order valence-electron chi connectivity index (χ3n) is 2.76. The maximum atomic E-state index is 11.8. The first-order valence-corrected chi connectivity index (χ1v) is 6.99. The minimum absolute atomic E-state index is 0.0218. The van der Waals surface area contributed by atoms with Crippen molar-refractivity contribution in [2.75, 3.05) is 37.7 Å². The summed E-state index contributed by atoms with van der Waals surface area (Å²) in [5, 5.41) is 8.46. The number of hydrogen-bond acceptors (Lipinski definition) is 4. The molecule has 0 aromatic heterocycles. The lowest BCUT2D eigenvalue weighted by Crippen LogP contribution is -2.50. The number of piperazine rings is 1. The van der Waals surface area contributed by atoms with Crippen molar-refractivity contribution in [3.05, 3.63) is 0 Å². The average molecular weight is 274 g/mol. The van der Waals surface area contributed by atoms with Gasteiger partial charge in [-0.05, 0) is 0 Å². The number of hydrogen-bond donors (Lipinski definition) is 1. The van der Waals surface area contributed by atoms with Gasteiger partial charge in [-0.3, -0.25) is 14.4 Å². The first-order valence-electron chi connectivity index (χ1n) is 5.83. The minimum atomic E-state index is -0.843. The average Bonchev–Trinajstić information content (AvgIpc) is 2.34. The topological polar surface area (TPSA) is 77.9 Å². The summed E-state index contributed by atoms with van der Waals surface area (Å²) >= 11 is 1.34. The fourth-order valence-corrected chi connectivity index (χ4v) is 2.50. The van der Waals surface area contributed by atoms with Gasteiger partial charge in [0.05, 0.1) is 12.2 Å². The number of aliphatic carboxylic acids is 1. The zero-order valence-electron chi connectivity index (χ0n) is 10.4. The Morgan fingerprint density at radius 3 is 2.17 bits per heavy atom. The van der Waals surface area contributed by atoms with E-state index >= 15 is 0 Å². The molecule has 102 valence electrons. The third kappa shape index (κ3) is 4.95. The molecule has 0 aliphatic carbocycles. The van der Waals surface area contributed by atoms with Gasteiger partial charge in [-0.2, -0.15) is 11.8 Å². The number of amides is 2. The molecule has 0 aromatic rings. The van der Waals surface area contributed by atoms with E-state index in [1.807, 2.05) is 0 Å². The normalized spacial score (nSPS) is 15.6. The van der Waals surface area contributed by atoms with Gasteiger partial charge >= 0.3 is 5.97 Å². The minimum Gasteiger partial charge on any atom is -0.481 e. The van der Waals surface area contributed by atoms with Crippen molar-refractivity contribution >= 4 is 29.5 Å². The molecule has 18 heavy (non-hydrogen) atoms. The summed E-state index contributed by atoms with van der Waals surface area (Å²) in [6, 6.07) is 0. The molecule has 1 rings (SSSR count). The lowest BCUT2D eigenvalue weighted by Gasteiger charge is -2.34. The SMILES string of the molecule is CC(=O)N1CCN(C(=O)CSCCC(=O)O)CC1. The number of carboxylic acids is 1. The number of rotatable bonds is 5. The van der Waals surface area contributed by atoms with Crippen LogP contribution in [0.5, 0.6) is 0 Å². The molecule has 0 unspecified atom stereocenters. The van der Waals surface area contributed by atoms with E-state index in [9.17, 15) is 14.4 Å². The van der Waals surface area contributed by atoms with E-state index < -0.39 is 5.97 Å². The molecule has 0 spiro atoms. The molecule has 7 heteroatoms. The van der Waals surface area contributed by atoms with Crippen LogP contribution in [0.2, 0.25) is 0 Å². The second-order valence-corrected chi connectivity index (χ2v) is 5.19. The van der Waals surface area contributed by atoms with E-state index in [0.29, 0.717) is 37.7 Å². The molecule has 1 N–H and O–H groups in total. The fraction of sp³-hybridized carbons (Fsp3) is 0.727. The zero-order valence-corrected chi connectivity index (χ0v) is 11.2. The maximum Gasteiger partial charge on any atom is 0.304 e. The van der Waals surface area contributed by atoms with Crippen molar-refractivity contribution < 1.29 is 19.5 Å². The monoisotopic (exact) mass is 274 g/mol. The third-order valence-corrected chi connectivity index (χ3v) is 3.71. The highest BCUT2D eigenvalue weighted by molar-refractivity contribution is 7.99. The molecular weight excluding hydrogens is 256 g/mol. The number of nitrogens with zero attached hydrogens (tertiary/aromatic N) is 2. The highest BCUT2D eigenvalue weighted by atomic mass is 32.2. The lowest BCUT2D eigenvalue weighted by molar-refractivity contribution is -0.136. The van der Waals surface area contributed by atoms with E-state index in [-0.39, 0.29) is 18.2 Å². The summed E-state index contributed by atoms with van der Waals surface area (Å²) < 4.78 is 0. The van der Waals surface area contributed by atoms with Crippen LogP contribution >= 0.6 is 11.8 Å². The van der Waals surface area contributed by atoms with Crippen LogP contribution in [0.15, 0.2) is 0 Å². The smallest absolute Gasteiger partial charge is 0.304 e. The molecule has 1 aliphatic rings. The van der Waals surface area contributed by atoms with Gasteiger partial charge in [0.25, 0.3) is 0 Å². The summed E-state index contributed by atoms with van der Waals surface area (Å²) in [4.78, 5) is 36.6. The molecule has 1 fully saturated rings. The van der Waals surface area contributed by atoms with Crippen LogP contribution in [-0.4, -0.2) is 70.4 Å². The largest absolute Gasteiger partial charge is 0.481 e. The van der Waals surface area contributed by atoms with Crippen LogP contribution in [0.1, 0.15) is 13.3 Å². The van der Waals surface area contributed by atoms with Crippen molar-refractivity contribution in [3.8, 4) is 0 Å². The Kier molecular flexibility index (Phi) is 5.97. The summed E-state index contributed by atoms with van der Waals surface area (Å²) in [6.45, 7) is 3.83. The van der Waals surface area contributed by atoms with Gasteiger partial charge in [-0.15, -0.1) is 0 Å². The van der Waals surface area contributed by atoms with E-state index in [1.54, 1.807) is 9.80 Å². The van der Waals surface area contributed by atoms with Gasteiger partial charge in [0, 0.05) is 38.9 Å². The lowest BCUT2D eigenvalue weighted by atomic mass is 10.3. The molecule has 1 saturated heterocycles. The predicted octanol–water partition coefficient (Wildman–Crippen LogP) is -0.115. The van der Waals surface area contributed by atoms with Gasteiger partial charge in [-0.25, -0.2) is 0 Å². The van der Waals surface area contributed by atoms with Crippen molar-refractivity contribution in [1.82, 2.24) is 9.80 Å². The van der Waals surface area contributed by atoms with E-state index in [2.05, 4.69) is 0 Å². The molecular formula is C11H18N2O4S. The molecule has 0 radical (unpaired) electrons. The molecule has 0 aromatic carbocycles. The van der Waals surface area contributed by atoms with Crippen LogP contribution in [0.25, 0.3) is 0 Å². The molecule has 0 atom stereocenters. The summed E-state index contributed by atoms with van der Waals surface area (Å²) in [7, 11) is 0. The summed E-state index contributed by atoms with van der Waals surface area (Å²) in [6.07, 6.45) is 0.0794. The molecule has 0 saturated carbocycles. The van der Waals surface area contributed by atoms with Gasteiger partial charge in [0.2, 0.25) is 11.8 Å². The number of carboxylic acid groups (broad SMARTS) is 1. The Bertz CT molecular complexity index is 327. The molecule has 0 bridgehead atoms. The van der Waals surface area contributed by atoms with Crippen LogP contribution < -0.4 is 0 Å². The predicted molar refractivity (Wildman–Crippen MR) is 68.4 cm³/mol. The van der Waals surface area contributed by atoms with Crippen molar-refractivity contribution in [3.63, 3.8) is 0 Å². The van der Waals surface area contributed by atoms with Crippen LogP contribution in [0.3, 0.4) is 0 Å². The second-order valence-electron chi connectivity index (χ2n) is 4.08. The quantitative estimate of drug-likeness (QED) is 0.707. The summed E-state index contributed by atoms with van der Waals surface area (Å²) in [5.74, 6) is -0.0153. The van der Waals surface area contributed by atoms with Crippen LogP contribution in [-0.2, 0) is 14.4 Å². The highest BCUT2D eigenvalue weighted by Gasteiger charge is 2.21. The van der Waals surface area contributed by atoms with E-state index in [0.717, 1.165) is 0 Å². The molecule has 2 amide bonds. The first-order chi connectivity index (χ1) is 8.50. The zero-order chi connectivity index (χ0) is 13.5. The Morgan fingerprint density at radius 1 is 1.11 bits per heavy atom. The summed E-state index contributed by atoms with van der Waals surface area (Å²) in [5.41, 5.74) is 0. The fourth-order valence-electron chi connectivity index (χ4n) is 1.68. The van der Waals surface area contributed by atoms with Crippen molar-refractivity contribution in [2.45, 2.75) is 13.3 Å². The van der Waals surface area contributed by atoms with Crippen LogP contribution in [0, 0.1) is 0 Å². The van der Waals surface area contributed by atoms with E-state index in [4.69, 9.17) is 5.11 Å². The molecule has 1 aliphatic heterocycles. The van der Waals surface area contributed by atoms with E-state index in [1.165, 1.54) is 18.7 Å². The van der Waals surface area contributed by atoms with Gasteiger partial charge in [-0.1, -0.05) is 0 Å². The van der Waals surface area contributed by atoms with Gasteiger partial charge in [0.15, 0.2) is 0 Å². The standard InChI is InChI=1S/C11H18N2O4S/c1-9(14)12-3-5-13(6-4-12)10(15)8-18-7-2-11(16)17/h2-8H2,1H3,(H,16,17). The number of thioether (sulfide) groups is 1. The van der Waals surface area contributed by atoms with Crippen molar-refractivity contribution in [2.24, 2.45) is 0 Å². The molecule has 1 heterocycles.